The molecule has 2 nitrogen and oxygen atoms in total. The van der Waals surface area contributed by atoms with Crippen LogP contribution in [0.2, 0.25) is 0 Å². The van der Waals surface area contributed by atoms with Gasteiger partial charge in [-0.15, -0.1) is 0 Å². The van der Waals surface area contributed by atoms with Gasteiger partial charge in [0.1, 0.15) is 0 Å². The molecule has 0 aliphatic heterocycles. The lowest BCUT2D eigenvalue weighted by atomic mass is 10.1. The average Bonchev–Trinajstić information content (AvgIpc) is 2.42. The second-order valence-corrected chi connectivity index (χ2v) is 6.13. The standard InChI is InChI=1S/C15H16Br2N2/c1-2-11-3-5-12(6-4-11)8-18-10-15-14(17)7-13(16)9-19-15/h3-7,9,18H,2,8,10H2,1H3. The first-order valence-electron chi connectivity index (χ1n) is 6.27. The Labute approximate surface area is 130 Å². The van der Waals surface area contributed by atoms with Crippen molar-refractivity contribution in [3.63, 3.8) is 0 Å². The third kappa shape index (κ3) is 4.41. The van der Waals surface area contributed by atoms with Crippen LogP contribution in [-0.2, 0) is 19.5 Å². The van der Waals surface area contributed by atoms with Gasteiger partial charge >= 0.3 is 0 Å². The minimum absolute atomic E-state index is 0.753. The summed E-state index contributed by atoms with van der Waals surface area (Å²) in [5.41, 5.74) is 3.69. The van der Waals surface area contributed by atoms with Gasteiger partial charge < -0.3 is 5.32 Å². The Hall–Kier alpha value is -0.710. The second kappa shape index (κ2) is 7.17. The first-order chi connectivity index (χ1) is 9.19. The quantitative estimate of drug-likeness (QED) is 0.824. The molecule has 1 N–H and O–H groups in total. The van der Waals surface area contributed by atoms with Crippen LogP contribution in [-0.4, -0.2) is 4.98 Å². The molecule has 1 aromatic carbocycles. The van der Waals surface area contributed by atoms with Gasteiger partial charge in [0.25, 0.3) is 0 Å². The van der Waals surface area contributed by atoms with Gasteiger partial charge in [0.05, 0.1) is 5.69 Å². The number of aromatic nitrogens is 1. The molecule has 0 amide bonds. The highest BCUT2D eigenvalue weighted by Crippen LogP contribution is 2.19. The van der Waals surface area contributed by atoms with Gasteiger partial charge in [-0.25, -0.2) is 0 Å². The fourth-order valence-corrected chi connectivity index (χ4v) is 2.92. The van der Waals surface area contributed by atoms with Gasteiger partial charge in [-0.2, -0.15) is 0 Å². The van der Waals surface area contributed by atoms with Crippen LogP contribution in [0.25, 0.3) is 0 Å². The fraction of sp³-hybridized carbons (Fsp3) is 0.267. The molecular formula is C15H16Br2N2. The molecule has 0 unspecified atom stereocenters. The van der Waals surface area contributed by atoms with Crippen LogP contribution in [0.1, 0.15) is 23.7 Å². The van der Waals surface area contributed by atoms with Crippen LogP contribution in [0, 0.1) is 0 Å². The smallest absolute Gasteiger partial charge is 0.0684 e. The number of aryl methyl sites for hydroxylation is 1. The van der Waals surface area contributed by atoms with Crippen LogP contribution in [0.5, 0.6) is 0 Å². The molecule has 0 radical (unpaired) electrons. The SMILES string of the molecule is CCc1ccc(CNCc2ncc(Br)cc2Br)cc1. The highest BCUT2D eigenvalue weighted by Gasteiger charge is 2.02. The van der Waals surface area contributed by atoms with Gasteiger partial charge in [-0.1, -0.05) is 31.2 Å². The third-order valence-corrected chi connectivity index (χ3v) is 4.06. The van der Waals surface area contributed by atoms with Gasteiger partial charge in [0.2, 0.25) is 0 Å². The van der Waals surface area contributed by atoms with Crippen molar-refractivity contribution in [3.05, 3.63) is 62.3 Å². The largest absolute Gasteiger partial charge is 0.307 e. The van der Waals surface area contributed by atoms with Crippen molar-refractivity contribution in [2.75, 3.05) is 0 Å². The van der Waals surface area contributed by atoms with E-state index in [1.165, 1.54) is 11.1 Å². The highest BCUT2D eigenvalue weighted by molar-refractivity contribution is 9.11. The fourth-order valence-electron chi connectivity index (χ4n) is 1.79. The van der Waals surface area contributed by atoms with Gasteiger partial charge in [-0.05, 0) is 55.5 Å². The number of nitrogens with zero attached hydrogens (tertiary/aromatic N) is 1. The van der Waals surface area contributed by atoms with E-state index < -0.39 is 0 Å². The molecule has 0 saturated heterocycles. The minimum Gasteiger partial charge on any atom is -0.307 e. The van der Waals surface area contributed by atoms with Gasteiger partial charge in [0, 0.05) is 28.2 Å². The minimum atomic E-state index is 0.753. The molecule has 2 aromatic rings. The van der Waals surface area contributed by atoms with E-state index in [0.29, 0.717) is 0 Å². The summed E-state index contributed by atoms with van der Waals surface area (Å²) in [7, 11) is 0. The lowest BCUT2D eigenvalue weighted by molar-refractivity contribution is 0.677. The van der Waals surface area contributed by atoms with E-state index in [0.717, 1.165) is 34.1 Å². The maximum Gasteiger partial charge on any atom is 0.0684 e. The molecule has 0 bridgehead atoms. The summed E-state index contributed by atoms with van der Waals surface area (Å²) < 4.78 is 2.01. The van der Waals surface area contributed by atoms with Gasteiger partial charge in [-0.3, -0.25) is 4.98 Å². The number of halogens is 2. The van der Waals surface area contributed by atoms with E-state index in [-0.39, 0.29) is 0 Å². The van der Waals surface area contributed by atoms with Crippen LogP contribution in [0.3, 0.4) is 0 Å². The van der Waals surface area contributed by atoms with Gasteiger partial charge in [0.15, 0.2) is 0 Å². The number of hydrogen-bond acceptors (Lipinski definition) is 2. The van der Waals surface area contributed by atoms with Crippen molar-refractivity contribution in [3.8, 4) is 0 Å². The zero-order valence-electron chi connectivity index (χ0n) is 10.8. The van der Waals surface area contributed by atoms with E-state index in [2.05, 4.69) is 73.3 Å². The molecule has 19 heavy (non-hydrogen) atoms. The predicted molar refractivity (Wildman–Crippen MR) is 86.0 cm³/mol. The number of rotatable bonds is 5. The summed E-state index contributed by atoms with van der Waals surface area (Å²) in [6.07, 6.45) is 2.90. The molecule has 100 valence electrons. The predicted octanol–water partition coefficient (Wildman–Crippen LogP) is 4.46. The molecule has 0 aliphatic rings. The summed E-state index contributed by atoms with van der Waals surface area (Å²) in [6.45, 7) is 3.78. The molecule has 0 aliphatic carbocycles. The maximum atomic E-state index is 4.38. The van der Waals surface area contributed by atoms with Crippen molar-refractivity contribution >= 4 is 31.9 Å². The number of benzene rings is 1. The molecule has 1 heterocycles. The second-order valence-electron chi connectivity index (χ2n) is 4.36. The molecule has 1 aromatic heterocycles. The zero-order chi connectivity index (χ0) is 13.7. The Morgan fingerprint density at radius 3 is 2.37 bits per heavy atom. The number of nitrogens with one attached hydrogen (secondary N) is 1. The lowest BCUT2D eigenvalue weighted by Crippen LogP contribution is -2.14. The molecule has 0 atom stereocenters. The molecule has 4 heteroatoms. The monoisotopic (exact) mass is 382 g/mol. The van der Waals surface area contributed by atoms with Crippen molar-refractivity contribution in [2.45, 2.75) is 26.4 Å². The first-order valence-corrected chi connectivity index (χ1v) is 7.86. The molecule has 0 spiro atoms. The maximum absolute atomic E-state index is 4.38. The molecule has 2 rings (SSSR count). The summed E-state index contributed by atoms with van der Waals surface area (Å²) >= 11 is 6.92. The van der Waals surface area contributed by atoms with Crippen molar-refractivity contribution in [1.82, 2.24) is 10.3 Å². The van der Waals surface area contributed by atoms with Crippen molar-refractivity contribution < 1.29 is 0 Å². The van der Waals surface area contributed by atoms with Crippen LogP contribution in [0.4, 0.5) is 0 Å². The normalized spacial score (nSPS) is 10.7. The van der Waals surface area contributed by atoms with E-state index in [1.54, 1.807) is 0 Å². The third-order valence-electron chi connectivity index (χ3n) is 2.94. The molecule has 0 saturated carbocycles. The van der Waals surface area contributed by atoms with E-state index in [1.807, 2.05) is 12.3 Å². The molecular weight excluding hydrogens is 368 g/mol. The summed E-state index contributed by atoms with van der Waals surface area (Å²) in [4.78, 5) is 4.38. The topological polar surface area (TPSA) is 24.9 Å². The lowest BCUT2D eigenvalue weighted by Gasteiger charge is -2.07. The zero-order valence-corrected chi connectivity index (χ0v) is 14.0. The molecule has 0 fully saturated rings. The van der Waals surface area contributed by atoms with E-state index in [4.69, 9.17) is 0 Å². The van der Waals surface area contributed by atoms with Crippen molar-refractivity contribution in [2.24, 2.45) is 0 Å². The number of hydrogen-bond donors (Lipinski definition) is 1. The Kier molecular flexibility index (Phi) is 5.55. The number of pyridine rings is 1. The van der Waals surface area contributed by atoms with Crippen LogP contribution in [0.15, 0.2) is 45.5 Å². The first kappa shape index (κ1) is 14.7. The van der Waals surface area contributed by atoms with E-state index in [9.17, 15) is 0 Å². The van der Waals surface area contributed by atoms with Crippen LogP contribution >= 0.6 is 31.9 Å². The Balaban J connectivity index is 1.88. The Morgan fingerprint density at radius 1 is 1.05 bits per heavy atom. The Morgan fingerprint density at radius 2 is 1.74 bits per heavy atom. The van der Waals surface area contributed by atoms with E-state index >= 15 is 0 Å². The summed E-state index contributed by atoms with van der Waals surface area (Å²) in [6, 6.07) is 10.7. The highest BCUT2D eigenvalue weighted by atomic mass is 79.9. The Bertz CT molecular complexity index is 538. The van der Waals surface area contributed by atoms with Crippen LogP contribution < -0.4 is 5.32 Å². The summed E-state index contributed by atoms with van der Waals surface area (Å²) in [5.74, 6) is 0. The average molecular weight is 384 g/mol. The van der Waals surface area contributed by atoms with Crippen molar-refractivity contribution in [1.29, 1.82) is 0 Å². The summed E-state index contributed by atoms with van der Waals surface area (Å²) in [5, 5.41) is 3.41.